The molecule has 20 heavy (non-hydrogen) atoms. The zero-order valence-corrected chi connectivity index (χ0v) is 12.6. The number of hydrogen-bond donors (Lipinski definition) is 1. The summed E-state index contributed by atoms with van der Waals surface area (Å²) in [6.45, 7) is 4.52. The van der Waals surface area contributed by atoms with E-state index in [1.54, 1.807) is 0 Å². The quantitative estimate of drug-likeness (QED) is 0.675. The predicted octanol–water partition coefficient (Wildman–Crippen LogP) is 5.73. The molecule has 0 aliphatic heterocycles. The van der Waals surface area contributed by atoms with Crippen LogP contribution in [-0.2, 0) is 0 Å². The lowest BCUT2D eigenvalue weighted by atomic mass is 10.0. The fourth-order valence-corrected chi connectivity index (χ4v) is 2.53. The molecule has 1 atom stereocenters. The van der Waals surface area contributed by atoms with Crippen LogP contribution in [0.15, 0.2) is 54.6 Å². The first-order chi connectivity index (χ1) is 9.85. The van der Waals surface area contributed by atoms with Crippen LogP contribution in [0.5, 0.6) is 0 Å². The smallest absolute Gasteiger partial charge is 0.0422 e. The Morgan fingerprint density at radius 2 is 1.60 bits per heavy atom. The average molecular weight is 267 g/mol. The van der Waals surface area contributed by atoms with Gasteiger partial charge in [-0.25, -0.2) is 0 Å². The van der Waals surface area contributed by atoms with E-state index in [9.17, 15) is 0 Å². The lowest BCUT2D eigenvalue weighted by molar-refractivity contribution is 0.593. The number of unbranched alkanes of at least 4 members (excludes halogenated alkanes) is 1. The third-order valence-electron chi connectivity index (χ3n) is 3.77. The highest BCUT2D eigenvalue weighted by Gasteiger charge is 2.09. The van der Waals surface area contributed by atoms with Crippen LogP contribution >= 0.6 is 0 Å². The van der Waals surface area contributed by atoms with Gasteiger partial charge in [0.15, 0.2) is 0 Å². The van der Waals surface area contributed by atoms with Gasteiger partial charge in [0.25, 0.3) is 0 Å². The van der Waals surface area contributed by atoms with Gasteiger partial charge in [-0.15, -0.1) is 0 Å². The fourth-order valence-electron chi connectivity index (χ4n) is 2.53. The van der Waals surface area contributed by atoms with Crippen molar-refractivity contribution in [3.05, 3.63) is 54.6 Å². The van der Waals surface area contributed by atoms with Crippen molar-refractivity contribution >= 4 is 5.69 Å². The summed E-state index contributed by atoms with van der Waals surface area (Å²) in [5.74, 6) is 0. The minimum Gasteiger partial charge on any atom is -0.382 e. The second-order valence-electron chi connectivity index (χ2n) is 5.30. The van der Waals surface area contributed by atoms with E-state index in [0.717, 1.165) is 0 Å². The van der Waals surface area contributed by atoms with Crippen molar-refractivity contribution < 1.29 is 0 Å². The topological polar surface area (TPSA) is 12.0 Å². The monoisotopic (exact) mass is 267 g/mol. The van der Waals surface area contributed by atoms with Crippen molar-refractivity contribution in [1.29, 1.82) is 0 Å². The summed E-state index contributed by atoms with van der Waals surface area (Å²) in [6, 6.07) is 19.8. The van der Waals surface area contributed by atoms with Gasteiger partial charge in [-0.3, -0.25) is 0 Å². The largest absolute Gasteiger partial charge is 0.382 e. The minimum atomic E-state index is 0.569. The van der Waals surface area contributed by atoms with Crippen LogP contribution < -0.4 is 5.32 Å². The Morgan fingerprint density at radius 1 is 0.900 bits per heavy atom. The maximum absolute atomic E-state index is 3.73. The van der Waals surface area contributed by atoms with E-state index in [1.165, 1.54) is 42.5 Å². The van der Waals surface area contributed by atoms with E-state index in [1.807, 2.05) is 0 Å². The lowest BCUT2D eigenvalue weighted by Gasteiger charge is -2.20. The zero-order valence-electron chi connectivity index (χ0n) is 12.6. The van der Waals surface area contributed by atoms with Crippen molar-refractivity contribution in [3.63, 3.8) is 0 Å². The van der Waals surface area contributed by atoms with E-state index in [-0.39, 0.29) is 0 Å². The van der Waals surface area contributed by atoms with Gasteiger partial charge in [-0.05, 0) is 24.5 Å². The highest BCUT2D eigenvalue weighted by Crippen LogP contribution is 2.28. The maximum atomic E-state index is 3.73. The van der Waals surface area contributed by atoms with Crippen molar-refractivity contribution in [2.24, 2.45) is 0 Å². The molecule has 2 rings (SSSR count). The van der Waals surface area contributed by atoms with Gasteiger partial charge in [0, 0.05) is 17.3 Å². The summed E-state index contributed by atoms with van der Waals surface area (Å²) in [5, 5.41) is 3.73. The third-order valence-corrected chi connectivity index (χ3v) is 3.77. The summed E-state index contributed by atoms with van der Waals surface area (Å²) in [4.78, 5) is 0. The first-order valence-electron chi connectivity index (χ1n) is 7.76. The van der Waals surface area contributed by atoms with Crippen molar-refractivity contribution in [3.8, 4) is 11.1 Å². The second kappa shape index (κ2) is 7.74. The molecule has 0 bridgehead atoms. The lowest BCUT2D eigenvalue weighted by Crippen LogP contribution is -2.18. The average Bonchev–Trinajstić information content (AvgIpc) is 2.52. The van der Waals surface area contributed by atoms with Gasteiger partial charge >= 0.3 is 0 Å². The molecule has 0 amide bonds. The van der Waals surface area contributed by atoms with Gasteiger partial charge < -0.3 is 5.32 Å². The Morgan fingerprint density at radius 3 is 2.30 bits per heavy atom. The summed E-state index contributed by atoms with van der Waals surface area (Å²) < 4.78 is 0. The fraction of sp³-hybridized carbons (Fsp3) is 0.368. The van der Waals surface area contributed by atoms with E-state index in [2.05, 4.69) is 73.8 Å². The molecule has 0 spiro atoms. The highest BCUT2D eigenvalue weighted by molar-refractivity contribution is 5.77. The zero-order chi connectivity index (χ0) is 14.2. The van der Waals surface area contributed by atoms with Crippen LogP contribution in [0.1, 0.15) is 39.5 Å². The highest BCUT2D eigenvalue weighted by atomic mass is 14.9. The molecule has 0 radical (unpaired) electrons. The van der Waals surface area contributed by atoms with E-state index in [4.69, 9.17) is 0 Å². The van der Waals surface area contributed by atoms with Gasteiger partial charge in [-0.1, -0.05) is 75.2 Å². The number of hydrogen-bond acceptors (Lipinski definition) is 1. The van der Waals surface area contributed by atoms with Crippen LogP contribution in [0.4, 0.5) is 5.69 Å². The molecule has 0 saturated carbocycles. The van der Waals surface area contributed by atoms with Gasteiger partial charge in [0.1, 0.15) is 0 Å². The van der Waals surface area contributed by atoms with Crippen LogP contribution in [-0.4, -0.2) is 6.04 Å². The molecular formula is C19H25N. The van der Waals surface area contributed by atoms with Crippen LogP contribution in [0.25, 0.3) is 11.1 Å². The molecule has 1 nitrogen and oxygen atoms in total. The first kappa shape index (κ1) is 14.6. The summed E-state index contributed by atoms with van der Waals surface area (Å²) in [7, 11) is 0. The van der Waals surface area contributed by atoms with Crippen molar-refractivity contribution in [2.75, 3.05) is 5.32 Å². The van der Waals surface area contributed by atoms with Gasteiger partial charge in [0.2, 0.25) is 0 Å². The molecule has 2 aromatic rings. The Hall–Kier alpha value is -1.76. The van der Waals surface area contributed by atoms with Crippen LogP contribution in [0.2, 0.25) is 0 Å². The summed E-state index contributed by atoms with van der Waals surface area (Å²) in [5.41, 5.74) is 3.82. The number of para-hydroxylation sites is 1. The number of benzene rings is 2. The Balaban J connectivity index is 2.19. The Labute approximate surface area is 123 Å². The van der Waals surface area contributed by atoms with E-state index in [0.29, 0.717) is 6.04 Å². The minimum absolute atomic E-state index is 0.569. The summed E-state index contributed by atoms with van der Waals surface area (Å²) >= 11 is 0. The predicted molar refractivity (Wildman–Crippen MR) is 89.1 cm³/mol. The molecule has 2 aromatic carbocycles. The molecule has 1 N–H and O–H groups in total. The van der Waals surface area contributed by atoms with Gasteiger partial charge in [-0.2, -0.15) is 0 Å². The standard InChI is InChI=1S/C19H25N/c1-3-5-13-17(4-2)20-19-15-10-9-14-18(19)16-11-7-6-8-12-16/h6-12,14-15,17,20H,3-5,13H2,1-2H3. The van der Waals surface area contributed by atoms with Crippen LogP contribution in [0.3, 0.4) is 0 Å². The molecular weight excluding hydrogens is 242 g/mol. The second-order valence-corrected chi connectivity index (χ2v) is 5.30. The van der Waals surface area contributed by atoms with Crippen molar-refractivity contribution in [1.82, 2.24) is 0 Å². The molecule has 0 aliphatic rings. The number of nitrogens with one attached hydrogen (secondary N) is 1. The number of rotatable bonds is 7. The van der Waals surface area contributed by atoms with Crippen LogP contribution in [0, 0.1) is 0 Å². The van der Waals surface area contributed by atoms with E-state index >= 15 is 0 Å². The van der Waals surface area contributed by atoms with E-state index < -0.39 is 0 Å². The Bertz CT molecular complexity index is 504. The SMILES string of the molecule is CCCCC(CC)Nc1ccccc1-c1ccccc1. The third kappa shape index (κ3) is 3.86. The molecule has 0 aromatic heterocycles. The first-order valence-corrected chi connectivity index (χ1v) is 7.76. The molecule has 0 saturated heterocycles. The normalized spacial score (nSPS) is 12.1. The molecule has 1 heteroatoms. The summed E-state index contributed by atoms with van der Waals surface area (Å²) in [6.07, 6.45) is 4.97. The molecule has 0 fully saturated rings. The molecule has 106 valence electrons. The molecule has 0 heterocycles. The maximum Gasteiger partial charge on any atom is 0.0422 e. The van der Waals surface area contributed by atoms with Crippen molar-refractivity contribution in [2.45, 2.75) is 45.6 Å². The molecule has 0 aliphatic carbocycles. The number of anilines is 1. The van der Waals surface area contributed by atoms with Gasteiger partial charge in [0.05, 0.1) is 0 Å². The Kier molecular flexibility index (Phi) is 5.67. The molecule has 1 unspecified atom stereocenters.